The molecule has 106 heavy (non-hydrogen) atoms. The van der Waals surface area contributed by atoms with Gasteiger partial charge in [-0.2, -0.15) is 15.2 Å². The van der Waals surface area contributed by atoms with Crippen molar-refractivity contribution in [2.45, 2.75) is 214 Å². The zero-order chi connectivity index (χ0) is 75.7. The Morgan fingerprint density at radius 1 is 0.274 bits per heavy atom. The molecule has 0 saturated carbocycles. The second-order valence-corrected chi connectivity index (χ2v) is 35.1. The van der Waals surface area contributed by atoms with Gasteiger partial charge >= 0.3 is 17.9 Å². The maximum Gasteiger partial charge on any atom is 0.329 e. The molecule has 0 fully saturated rings. The third kappa shape index (κ3) is 32.2. The molecule has 0 unspecified atom stereocenters. The molecule has 0 spiro atoms. The molecule has 17 nitrogen and oxygen atoms in total. The molecular weight excluding hydrogens is 1370 g/mol. The lowest BCUT2D eigenvalue weighted by Gasteiger charge is -2.27. The molecule has 5 amide bonds. The van der Waals surface area contributed by atoms with Crippen molar-refractivity contribution in [3.05, 3.63) is 182 Å². The van der Waals surface area contributed by atoms with Crippen molar-refractivity contribution in [1.29, 1.82) is 0 Å². The summed E-state index contributed by atoms with van der Waals surface area (Å²) in [5.74, 6) is -3.81. The van der Waals surface area contributed by atoms with Gasteiger partial charge < -0.3 is 30.0 Å². The number of hydroxylamine groups is 6. The minimum atomic E-state index is -1.81. The van der Waals surface area contributed by atoms with Crippen molar-refractivity contribution in [2.75, 3.05) is 64.7 Å². The minimum Gasteiger partial charge on any atom is -0.356 e. The van der Waals surface area contributed by atoms with E-state index in [1.165, 1.54) is 175 Å². The van der Waals surface area contributed by atoms with E-state index in [2.05, 4.69) is 198 Å². The summed E-state index contributed by atoms with van der Waals surface area (Å²) in [5.41, 5.74) is 0. The highest BCUT2D eigenvalue weighted by Gasteiger charge is 2.46. The Balaban J connectivity index is 0.897. The highest BCUT2D eigenvalue weighted by Crippen LogP contribution is 2.57. The Morgan fingerprint density at radius 3 is 0.774 bits per heavy atom. The molecule has 0 heterocycles. The predicted octanol–water partition coefficient (Wildman–Crippen LogP) is 14.8. The average molecular weight is 1490 g/mol. The number of nitrogens with zero attached hydrogens (tertiary/aromatic N) is 4. The van der Waals surface area contributed by atoms with Gasteiger partial charge in [0.05, 0.1) is 32.0 Å². The maximum atomic E-state index is 13.4. The first kappa shape index (κ1) is 86.8. The highest BCUT2D eigenvalue weighted by atomic mass is 31.2. The van der Waals surface area contributed by atoms with Crippen LogP contribution in [0, 0.1) is 0 Å². The Kier molecular flexibility index (Phi) is 42.0. The number of hydrogen-bond acceptors (Lipinski definition) is 12. The van der Waals surface area contributed by atoms with E-state index >= 15 is 0 Å². The number of carbonyl (C=O) groups is 8. The summed E-state index contributed by atoms with van der Waals surface area (Å²) in [6.07, 6.45) is 27.5. The van der Waals surface area contributed by atoms with Gasteiger partial charge in [0.15, 0.2) is 0 Å². The standard InChI is InChI=1S/C87H120N6O11P2/c1-74(94)91(102-75(2)95)69-43-23-38-64-88-84(98)60-62-86(100)92(103-76(3)96)70-44-24-39-65-89-85(99)61-63-87(101)93(104-77(4)97)71-45-25-42-68-90(66-40-13-9-5-7-11-15-46-72-105(78-48-26-17-27-49-78,79-50-28-18-29-51-79)80-52-30-19-31-53-80)67-41-14-10-6-8-12-16-47-73-106(81-54-32-20-33-55-81,82-56-34-21-35-57-82)83-58-36-22-37-59-83/h17-22,26-37,48-59H,5-16,23-25,38-47,60-73H2,1-4H3/p+2. The number of benzene rings is 6. The number of hydrogen-bond donors (Lipinski definition) is 2. The molecule has 0 aromatic heterocycles. The van der Waals surface area contributed by atoms with Crippen LogP contribution in [-0.2, 0) is 52.9 Å². The summed E-state index contributed by atoms with van der Waals surface area (Å²) in [5, 5.41) is 17.4. The fraction of sp³-hybridized carbons (Fsp3) is 0.494. The first-order chi connectivity index (χ1) is 51.6. The smallest absolute Gasteiger partial charge is 0.329 e. The monoisotopic (exact) mass is 1490 g/mol. The number of rotatable bonds is 52. The molecular formula is C87H122N6O11P2+2. The van der Waals surface area contributed by atoms with Crippen molar-refractivity contribution in [2.24, 2.45) is 0 Å². The van der Waals surface area contributed by atoms with Crippen LogP contribution in [0.25, 0.3) is 0 Å². The molecule has 6 rings (SSSR count). The molecule has 2 N–H and O–H groups in total. The SMILES string of the molecule is CC(=O)ON(CCCCCNC(=O)CCC(=O)N(CCCCCNC(=O)CCC(=O)N(CCCCCN(CCCCCCCCCC[P+](c1ccccc1)(c1ccccc1)c1ccccc1)CCCCCCCCCC[P+](c1ccccc1)(c1ccccc1)c1ccccc1)OC(C)=O)OC(C)=O)C(C)=O. The van der Waals surface area contributed by atoms with E-state index in [0.717, 1.165) is 47.7 Å². The largest absolute Gasteiger partial charge is 0.356 e. The lowest BCUT2D eigenvalue weighted by atomic mass is 10.1. The number of nitrogens with one attached hydrogen (secondary N) is 2. The molecule has 0 saturated heterocycles. The van der Waals surface area contributed by atoms with Crippen LogP contribution in [0.5, 0.6) is 0 Å². The zero-order valence-electron chi connectivity index (χ0n) is 64.1. The minimum absolute atomic E-state index is 0.0757. The summed E-state index contributed by atoms with van der Waals surface area (Å²) in [6, 6.07) is 67.4. The maximum absolute atomic E-state index is 13.4. The number of unbranched alkanes of at least 4 members (excludes halogenated alkanes) is 20. The van der Waals surface area contributed by atoms with Gasteiger partial charge in [0, 0.05) is 66.5 Å². The summed E-state index contributed by atoms with van der Waals surface area (Å²) in [7, 11) is -3.62. The van der Waals surface area contributed by atoms with Crippen LogP contribution in [0.3, 0.4) is 0 Å². The lowest BCUT2D eigenvalue weighted by Crippen LogP contribution is -2.35. The second-order valence-electron chi connectivity index (χ2n) is 27.8. The van der Waals surface area contributed by atoms with Gasteiger partial charge in [-0.15, -0.1) is 0 Å². The van der Waals surface area contributed by atoms with E-state index in [4.69, 9.17) is 14.5 Å². The van der Waals surface area contributed by atoms with Crippen molar-refractivity contribution in [3.63, 3.8) is 0 Å². The molecule has 574 valence electrons. The quantitative estimate of drug-likeness (QED) is 0.0208. The molecule has 0 aliphatic rings. The Morgan fingerprint density at radius 2 is 0.500 bits per heavy atom. The van der Waals surface area contributed by atoms with Gasteiger partial charge in [-0.1, -0.05) is 180 Å². The lowest BCUT2D eigenvalue weighted by molar-refractivity contribution is -0.196. The second kappa shape index (κ2) is 51.2. The summed E-state index contributed by atoms with van der Waals surface area (Å²) in [4.78, 5) is 117. The number of carbonyl (C=O) groups excluding carboxylic acids is 8. The summed E-state index contributed by atoms with van der Waals surface area (Å²) < 4.78 is 0. The van der Waals surface area contributed by atoms with Crippen LogP contribution in [0.15, 0.2) is 182 Å². The van der Waals surface area contributed by atoms with E-state index < -0.39 is 44.2 Å². The predicted molar refractivity (Wildman–Crippen MR) is 432 cm³/mol. The van der Waals surface area contributed by atoms with Gasteiger partial charge in [0.1, 0.15) is 46.4 Å². The molecule has 6 aromatic carbocycles. The van der Waals surface area contributed by atoms with Crippen molar-refractivity contribution in [3.8, 4) is 0 Å². The molecule has 0 radical (unpaired) electrons. The Labute approximate surface area is 634 Å². The van der Waals surface area contributed by atoms with Crippen molar-refractivity contribution >= 4 is 93.8 Å². The van der Waals surface area contributed by atoms with E-state index in [-0.39, 0.29) is 63.0 Å². The van der Waals surface area contributed by atoms with Gasteiger partial charge in [-0.05, 0) is 182 Å². The third-order valence-electron chi connectivity index (χ3n) is 19.4. The summed E-state index contributed by atoms with van der Waals surface area (Å²) >= 11 is 0. The Hall–Kier alpha value is -8.10. The zero-order valence-corrected chi connectivity index (χ0v) is 65.9. The normalized spacial score (nSPS) is 11.4. The van der Waals surface area contributed by atoms with Crippen LogP contribution >= 0.6 is 14.5 Å². The van der Waals surface area contributed by atoms with E-state index in [9.17, 15) is 38.4 Å². The Bertz CT molecular complexity index is 3130. The molecule has 0 aliphatic carbocycles. The van der Waals surface area contributed by atoms with Gasteiger partial charge in [-0.25, -0.2) is 0 Å². The van der Waals surface area contributed by atoms with Gasteiger partial charge in [0.2, 0.25) is 11.8 Å². The molecule has 0 bridgehead atoms. The van der Waals surface area contributed by atoms with Crippen LogP contribution in [0.2, 0.25) is 0 Å². The van der Waals surface area contributed by atoms with E-state index in [0.29, 0.717) is 58.0 Å². The molecule has 6 aromatic rings. The van der Waals surface area contributed by atoms with Crippen LogP contribution in [0.1, 0.15) is 214 Å². The van der Waals surface area contributed by atoms with Crippen LogP contribution < -0.4 is 42.5 Å². The number of amides is 5. The third-order valence-corrected chi connectivity index (χ3v) is 28.5. The topological polar surface area (TPSA) is 201 Å². The fourth-order valence-corrected chi connectivity index (χ4v) is 22.8. The van der Waals surface area contributed by atoms with Crippen molar-refractivity contribution < 1.29 is 52.9 Å². The van der Waals surface area contributed by atoms with E-state index in [1.807, 2.05) is 0 Å². The van der Waals surface area contributed by atoms with Crippen LogP contribution in [-0.4, -0.2) is 132 Å². The molecule has 19 heteroatoms. The van der Waals surface area contributed by atoms with Crippen LogP contribution in [0.4, 0.5) is 0 Å². The highest BCUT2D eigenvalue weighted by molar-refractivity contribution is 7.96. The summed E-state index contributed by atoms with van der Waals surface area (Å²) in [6.45, 7) is 9.39. The fourth-order valence-electron chi connectivity index (χ4n) is 14.0. The molecule has 0 atom stereocenters. The molecule has 0 aliphatic heterocycles. The first-order valence-electron chi connectivity index (χ1n) is 39.4. The van der Waals surface area contributed by atoms with Gasteiger partial charge in [0.25, 0.3) is 17.7 Å². The first-order valence-corrected chi connectivity index (χ1v) is 43.4. The van der Waals surface area contributed by atoms with Crippen molar-refractivity contribution in [1.82, 2.24) is 30.7 Å². The van der Waals surface area contributed by atoms with Gasteiger partial charge in [-0.3, -0.25) is 38.4 Å². The average Bonchev–Trinajstić information content (AvgIpc) is 0.767. The van der Waals surface area contributed by atoms with E-state index in [1.54, 1.807) is 0 Å².